The molecule has 0 amide bonds. The number of halogens is 3. The van der Waals surface area contributed by atoms with Gasteiger partial charge in [-0.1, -0.05) is 36.4 Å². The number of alkyl halides is 3. The van der Waals surface area contributed by atoms with Crippen LogP contribution in [0.1, 0.15) is 24.5 Å². The lowest BCUT2D eigenvalue weighted by atomic mass is 10.1. The summed E-state index contributed by atoms with van der Waals surface area (Å²) in [5, 5.41) is 0. The first-order valence-electron chi connectivity index (χ1n) is 7.42. The first kappa shape index (κ1) is 18.5. The van der Waals surface area contributed by atoms with Crippen molar-refractivity contribution in [1.29, 1.82) is 0 Å². The zero-order valence-electron chi connectivity index (χ0n) is 13.0. The number of aryl methyl sites for hydroxylation is 1. The minimum atomic E-state index is -4.58. The molecule has 0 aliphatic heterocycles. The lowest BCUT2D eigenvalue weighted by molar-refractivity contribution is -0.137. The zero-order valence-corrected chi connectivity index (χ0v) is 13.9. The lowest BCUT2D eigenvalue weighted by Gasteiger charge is -2.15. The van der Waals surface area contributed by atoms with Crippen molar-refractivity contribution < 1.29 is 21.6 Å². The Bertz CT molecular complexity index is 774. The van der Waals surface area contributed by atoms with E-state index in [9.17, 15) is 21.6 Å². The summed E-state index contributed by atoms with van der Waals surface area (Å²) in [4.78, 5) is -0.385. The molecular formula is C17H18F3NO2S. The minimum Gasteiger partial charge on any atom is -0.208 e. The first-order chi connectivity index (χ1) is 11.2. The number of nitrogens with one attached hydrogen (secondary N) is 1. The van der Waals surface area contributed by atoms with Gasteiger partial charge >= 0.3 is 6.18 Å². The Morgan fingerprint density at radius 3 is 2.33 bits per heavy atom. The summed E-state index contributed by atoms with van der Waals surface area (Å²) in [5.41, 5.74) is 0.0879. The maximum atomic E-state index is 12.7. The van der Waals surface area contributed by atoms with E-state index in [2.05, 4.69) is 4.72 Å². The highest BCUT2D eigenvalue weighted by Gasteiger charge is 2.31. The molecule has 2 aromatic rings. The fourth-order valence-corrected chi connectivity index (χ4v) is 3.58. The highest BCUT2D eigenvalue weighted by molar-refractivity contribution is 7.89. The number of rotatable bonds is 6. The Balaban J connectivity index is 2.05. The van der Waals surface area contributed by atoms with E-state index >= 15 is 0 Å². The van der Waals surface area contributed by atoms with Gasteiger partial charge < -0.3 is 0 Å². The molecule has 0 aliphatic rings. The lowest BCUT2D eigenvalue weighted by Crippen LogP contribution is -2.33. The van der Waals surface area contributed by atoms with Crippen LogP contribution in [0.4, 0.5) is 13.2 Å². The molecule has 0 saturated heterocycles. The Kier molecular flexibility index (Phi) is 5.66. The van der Waals surface area contributed by atoms with Crippen LogP contribution in [0, 0.1) is 0 Å². The molecule has 1 N–H and O–H groups in total. The van der Waals surface area contributed by atoms with Crippen LogP contribution in [0.25, 0.3) is 0 Å². The van der Waals surface area contributed by atoms with Crippen molar-refractivity contribution in [3.63, 3.8) is 0 Å². The van der Waals surface area contributed by atoms with Gasteiger partial charge in [-0.25, -0.2) is 13.1 Å². The van der Waals surface area contributed by atoms with Crippen molar-refractivity contribution in [2.24, 2.45) is 0 Å². The third kappa shape index (κ3) is 5.07. The van der Waals surface area contributed by atoms with Gasteiger partial charge in [-0.05, 0) is 43.5 Å². The van der Waals surface area contributed by atoms with Gasteiger partial charge in [-0.3, -0.25) is 0 Å². The molecule has 24 heavy (non-hydrogen) atoms. The summed E-state index contributed by atoms with van der Waals surface area (Å²) in [6.07, 6.45) is -3.36. The van der Waals surface area contributed by atoms with Gasteiger partial charge in [0.15, 0.2) is 0 Å². The van der Waals surface area contributed by atoms with Gasteiger partial charge in [0.25, 0.3) is 0 Å². The second-order valence-electron chi connectivity index (χ2n) is 5.57. The topological polar surface area (TPSA) is 46.2 Å². The van der Waals surface area contributed by atoms with E-state index in [0.29, 0.717) is 18.9 Å². The Hall–Kier alpha value is -1.86. The standard InChI is InChI=1S/C17H18F3NO2S/c1-13(10-11-14-6-3-2-4-7-14)21-24(22,23)16-9-5-8-15(12-16)17(18,19)20/h2-9,12-13,21H,10-11H2,1H3. The van der Waals surface area contributed by atoms with Crippen LogP contribution in [0.3, 0.4) is 0 Å². The predicted octanol–water partition coefficient (Wildman–Crippen LogP) is 4.01. The molecule has 2 rings (SSSR count). The molecule has 0 radical (unpaired) electrons. The van der Waals surface area contributed by atoms with Crippen LogP contribution < -0.4 is 4.72 Å². The van der Waals surface area contributed by atoms with Crippen LogP contribution in [-0.4, -0.2) is 14.5 Å². The summed E-state index contributed by atoms with van der Waals surface area (Å²) in [7, 11) is -4.00. The van der Waals surface area contributed by atoms with Gasteiger partial charge in [0, 0.05) is 6.04 Å². The molecule has 3 nitrogen and oxygen atoms in total. The zero-order chi connectivity index (χ0) is 17.8. The van der Waals surface area contributed by atoms with Crippen LogP contribution in [-0.2, 0) is 22.6 Å². The van der Waals surface area contributed by atoms with Crippen LogP contribution >= 0.6 is 0 Å². The van der Waals surface area contributed by atoms with Crippen LogP contribution in [0.15, 0.2) is 59.5 Å². The fraction of sp³-hybridized carbons (Fsp3) is 0.294. The van der Waals surface area contributed by atoms with E-state index in [0.717, 1.165) is 23.8 Å². The molecule has 0 saturated carbocycles. The highest BCUT2D eigenvalue weighted by Crippen LogP contribution is 2.30. The second-order valence-corrected chi connectivity index (χ2v) is 7.29. The quantitative estimate of drug-likeness (QED) is 0.849. The van der Waals surface area contributed by atoms with Crippen molar-refractivity contribution in [2.45, 2.75) is 36.9 Å². The average molecular weight is 357 g/mol. The molecule has 0 aliphatic carbocycles. The second kappa shape index (κ2) is 7.36. The van der Waals surface area contributed by atoms with E-state index < -0.39 is 27.8 Å². The molecule has 0 fully saturated rings. The molecule has 0 heterocycles. The van der Waals surface area contributed by atoms with Gasteiger partial charge in [0.05, 0.1) is 10.5 Å². The van der Waals surface area contributed by atoms with Crippen molar-refractivity contribution in [1.82, 2.24) is 4.72 Å². The van der Waals surface area contributed by atoms with Gasteiger partial charge in [0.2, 0.25) is 10.0 Å². The largest absolute Gasteiger partial charge is 0.416 e. The normalized spacial score (nSPS) is 13.7. The molecule has 0 spiro atoms. The summed E-state index contributed by atoms with van der Waals surface area (Å²) in [5.74, 6) is 0. The van der Waals surface area contributed by atoms with Crippen molar-refractivity contribution >= 4 is 10.0 Å². The van der Waals surface area contributed by atoms with E-state index in [1.54, 1.807) is 6.92 Å². The number of benzene rings is 2. The monoisotopic (exact) mass is 357 g/mol. The first-order valence-corrected chi connectivity index (χ1v) is 8.90. The van der Waals surface area contributed by atoms with Gasteiger partial charge in [-0.2, -0.15) is 13.2 Å². The summed E-state index contributed by atoms with van der Waals surface area (Å²) < 4.78 is 65.1. The van der Waals surface area contributed by atoms with Crippen molar-refractivity contribution in [2.75, 3.05) is 0 Å². The highest BCUT2D eigenvalue weighted by atomic mass is 32.2. The summed E-state index contributed by atoms with van der Waals surface area (Å²) in [6, 6.07) is 12.9. The van der Waals surface area contributed by atoms with Crippen molar-refractivity contribution in [3.05, 3.63) is 65.7 Å². The molecule has 2 aromatic carbocycles. The van der Waals surface area contributed by atoms with E-state index in [1.165, 1.54) is 0 Å². The molecule has 7 heteroatoms. The summed E-state index contributed by atoms with van der Waals surface area (Å²) >= 11 is 0. The smallest absolute Gasteiger partial charge is 0.208 e. The third-order valence-electron chi connectivity index (χ3n) is 3.54. The molecular weight excluding hydrogens is 339 g/mol. The van der Waals surface area contributed by atoms with Gasteiger partial charge in [0.1, 0.15) is 0 Å². The van der Waals surface area contributed by atoms with E-state index in [-0.39, 0.29) is 4.90 Å². The third-order valence-corrected chi connectivity index (χ3v) is 5.12. The van der Waals surface area contributed by atoms with Gasteiger partial charge in [-0.15, -0.1) is 0 Å². The molecule has 130 valence electrons. The number of hydrogen-bond acceptors (Lipinski definition) is 2. The molecule has 0 bridgehead atoms. The Morgan fingerprint density at radius 2 is 1.71 bits per heavy atom. The Labute approximate surface area is 139 Å². The summed E-state index contributed by atoms with van der Waals surface area (Å²) in [6.45, 7) is 1.69. The number of sulfonamides is 1. The Morgan fingerprint density at radius 1 is 1.04 bits per heavy atom. The van der Waals surface area contributed by atoms with Crippen LogP contribution in [0.5, 0.6) is 0 Å². The maximum absolute atomic E-state index is 12.7. The predicted molar refractivity (Wildman–Crippen MR) is 86.0 cm³/mol. The number of hydrogen-bond donors (Lipinski definition) is 1. The van der Waals surface area contributed by atoms with E-state index in [1.807, 2.05) is 30.3 Å². The van der Waals surface area contributed by atoms with Crippen molar-refractivity contribution in [3.8, 4) is 0 Å². The SMILES string of the molecule is CC(CCc1ccccc1)NS(=O)(=O)c1cccc(C(F)(F)F)c1. The maximum Gasteiger partial charge on any atom is 0.416 e. The molecule has 0 aromatic heterocycles. The molecule has 1 unspecified atom stereocenters. The molecule has 1 atom stereocenters. The average Bonchev–Trinajstić information content (AvgIpc) is 2.53. The fourth-order valence-electron chi connectivity index (χ4n) is 2.26. The minimum absolute atomic E-state index is 0.385. The van der Waals surface area contributed by atoms with E-state index in [4.69, 9.17) is 0 Å². The van der Waals surface area contributed by atoms with Crippen LogP contribution in [0.2, 0.25) is 0 Å².